The van der Waals surface area contributed by atoms with E-state index in [1.54, 1.807) is 4.90 Å². The van der Waals surface area contributed by atoms with Crippen LogP contribution in [0.3, 0.4) is 0 Å². The van der Waals surface area contributed by atoms with E-state index >= 15 is 0 Å². The number of ether oxygens (including phenoxy) is 1. The van der Waals surface area contributed by atoms with Crippen molar-refractivity contribution in [2.45, 2.75) is 19.0 Å². The van der Waals surface area contributed by atoms with E-state index < -0.39 is 0 Å². The molecule has 2 unspecified atom stereocenters. The van der Waals surface area contributed by atoms with Crippen molar-refractivity contribution in [3.8, 4) is 0 Å². The van der Waals surface area contributed by atoms with Crippen LogP contribution in [0, 0.1) is 5.92 Å². The molecule has 1 aromatic carbocycles. The number of carbonyl (C=O) groups is 1. The molecule has 2 atom stereocenters. The summed E-state index contributed by atoms with van der Waals surface area (Å²) in [6.45, 7) is 2.70. The molecule has 20 heavy (non-hydrogen) atoms. The van der Waals surface area contributed by atoms with Crippen LogP contribution in [0.4, 0.5) is 10.5 Å². The van der Waals surface area contributed by atoms with Crippen LogP contribution >= 0.6 is 0 Å². The van der Waals surface area contributed by atoms with E-state index in [0.717, 1.165) is 18.7 Å². The van der Waals surface area contributed by atoms with Gasteiger partial charge in [0.05, 0.1) is 12.3 Å². The average Bonchev–Trinajstić information content (AvgIpc) is 2.98. The standard InChI is InChI=1S/C15H21N3O2/c1-17-8-11-4-2-3-5-14(11)18(15(17)19)9-13(16)12-6-7-20-10-12/h2-5,12-13H,6-10,16H2,1H3. The molecule has 0 bridgehead atoms. The number of benzene rings is 1. The Balaban J connectivity index is 1.81. The van der Waals surface area contributed by atoms with Crippen LogP contribution in [-0.2, 0) is 11.3 Å². The van der Waals surface area contributed by atoms with Gasteiger partial charge in [-0.15, -0.1) is 0 Å². The fourth-order valence-corrected chi connectivity index (χ4v) is 2.97. The second kappa shape index (κ2) is 5.42. The van der Waals surface area contributed by atoms with E-state index in [1.165, 1.54) is 5.56 Å². The number of carbonyl (C=O) groups excluding carboxylic acids is 1. The van der Waals surface area contributed by atoms with Crippen molar-refractivity contribution in [3.63, 3.8) is 0 Å². The summed E-state index contributed by atoms with van der Waals surface area (Å²) in [5, 5.41) is 0. The monoisotopic (exact) mass is 275 g/mol. The molecule has 0 aliphatic carbocycles. The van der Waals surface area contributed by atoms with Crippen molar-refractivity contribution >= 4 is 11.7 Å². The molecule has 1 saturated heterocycles. The number of para-hydroxylation sites is 1. The number of anilines is 1. The summed E-state index contributed by atoms with van der Waals surface area (Å²) in [6.07, 6.45) is 0.987. The molecule has 0 aromatic heterocycles. The topological polar surface area (TPSA) is 58.8 Å². The van der Waals surface area contributed by atoms with Gasteiger partial charge < -0.3 is 15.4 Å². The van der Waals surface area contributed by atoms with Crippen LogP contribution in [0.1, 0.15) is 12.0 Å². The normalized spacial score (nSPS) is 23.9. The molecule has 1 aromatic rings. The maximum Gasteiger partial charge on any atom is 0.324 e. The lowest BCUT2D eigenvalue weighted by molar-refractivity contribution is 0.180. The van der Waals surface area contributed by atoms with Gasteiger partial charge in [-0.25, -0.2) is 4.79 Å². The lowest BCUT2D eigenvalue weighted by Gasteiger charge is -2.37. The number of urea groups is 1. The lowest BCUT2D eigenvalue weighted by Crippen LogP contribution is -2.51. The Hall–Kier alpha value is -1.59. The van der Waals surface area contributed by atoms with E-state index in [4.69, 9.17) is 10.5 Å². The second-order valence-electron chi connectivity index (χ2n) is 5.67. The van der Waals surface area contributed by atoms with Crippen LogP contribution in [0.15, 0.2) is 24.3 Å². The van der Waals surface area contributed by atoms with Crippen LogP contribution in [0.2, 0.25) is 0 Å². The maximum absolute atomic E-state index is 12.4. The van der Waals surface area contributed by atoms with Crippen molar-refractivity contribution in [3.05, 3.63) is 29.8 Å². The number of fused-ring (bicyclic) bond motifs is 1. The van der Waals surface area contributed by atoms with E-state index in [2.05, 4.69) is 6.07 Å². The minimum absolute atomic E-state index is 0.0260. The van der Waals surface area contributed by atoms with Gasteiger partial charge in [-0.05, 0) is 18.1 Å². The van der Waals surface area contributed by atoms with E-state index in [9.17, 15) is 4.79 Å². The Labute approximate surface area is 119 Å². The second-order valence-corrected chi connectivity index (χ2v) is 5.67. The number of nitrogens with two attached hydrogens (primary N) is 1. The smallest absolute Gasteiger partial charge is 0.324 e. The number of hydrogen-bond acceptors (Lipinski definition) is 3. The quantitative estimate of drug-likeness (QED) is 0.907. The lowest BCUT2D eigenvalue weighted by atomic mass is 9.98. The Morgan fingerprint density at radius 3 is 3.00 bits per heavy atom. The predicted octanol–water partition coefficient (Wildman–Crippen LogP) is 1.42. The van der Waals surface area contributed by atoms with Gasteiger partial charge in [0.1, 0.15) is 0 Å². The van der Waals surface area contributed by atoms with E-state index in [1.807, 2.05) is 30.1 Å². The van der Waals surface area contributed by atoms with Gasteiger partial charge in [-0.1, -0.05) is 18.2 Å². The molecule has 2 amide bonds. The molecule has 0 radical (unpaired) electrons. The third-order valence-corrected chi connectivity index (χ3v) is 4.21. The van der Waals surface area contributed by atoms with Gasteiger partial charge in [0.15, 0.2) is 0 Å². The molecule has 108 valence electrons. The summed E-state index contributed by atoms with van der Waals surface area (Å²) in [5.41, 5.74) is 8.44. The van der Waals surface area contributed by atoms with Gasteiger partial charge in [0, 0.05) is 38.7 Å². The van der Waals surface area contributed by atoms with Gasteiger partial charge in [0.2, 0.25) is 0 Å². The highest BCUT2D eigenvalue weighted by Crippen LogP contribution is 2.28. The fraction of sp³-hybridized carbons (Fsp3) is 0.533. The molecular weight excluding hydrogens is 254 g/mol. The Kier molecular flexibility index (Phi) is 3.63. The van der Waals surface area contributed by atoms with Crippen molar-refractivity contribution in [2.24, 2.45) is 11.7 Å². The highest BCUT2D eigenvalue weighted by molar-refractivity contribution is 5.94. The van der Waals surface area contributed by atoms with Crippen LogP contribution < -0.4 is 10.6 Å². The molecule has 2 heterocycles. The van der Waals surface area contributed by atoms with Crippen molar-refractivity contribution in [1.29, 1.82) is 0 Å². The minimum atomic E-state index is -0.0407. The average molecular weight is 275 g/mol. The molecule has 2 N–H and O–H groups in total. The molecule has 2 aliphatic rings. The first-order chi connectivity index (χ1) is 9.66. The largest absolute Gasteiger partial charge is 0.381 e. The van der Waals surface area contributed by atoms with Gasteiger partial charge in [-0.2, -0.15) is 0 Å². The molecule has 3 rings (SSSR count). The predicted molar refractivity (Wildman–Crippen MR) is 77.6 cm³/mol. The molecule has 2 aliphatic heterocycles. The summed E-state index contributed by atoms with van der Waals surface area (Å²) >= 11 is 0. The molecular formula is C15H21N3O2. The zero-order valence-corrected chi connectivity index (χ0v) is 11.8. The van der Waals surface area contributed by atoms with Crippen molar-refractivity contribution < 1.29 is 9.53 Å². The molecule has 5 heteroatoms. The number of hydrogen-bond donors (Lipinski definition) is 1. The van der Waals surface area contributed by atoms with Crippen LogP contribution in [0.25, 0.3) is 0 Å². The Morgan fingerprint density at radius 1 is 1.45 bits per heavy atom. The molecule has 0 spiro atoms. The van der Waals surface area contributed by atoms with Crippen LogP contribution in [-0.4, -0.2) is 43.8 Å². The first kappa shape index (κ1) is 13.4. The summed E-state index contributed by atoms with van der Waals surface area (Å²) in [6, 6.07) is 8.02. The fourth-order valence-electron chi connectivity index (χ4n) is 2.97. The third-order valence-electron chi connectivity index (χ3n) is 4.21. The van der Waals surface area contributed by atoms with Crippen LogP contribution in [0.5, 0.6) is 0 Å². The zero-order valence-electron chi connectivity index (χ0n) is 11.8. The summed E-state index contributed by atoms with van der Waals surface area (Å²) in [5.74, 6) is 0.349. The van der Waals surface area contributed by atoms with Crippen molar-refractivity contribution in [1.82, 2.24) is 4.90 Å². The van der Waals surface area contributed by atoms with Gasteiger partial charge >= 0.3 is 6.03 Å². The van der Waals surface area contributed by atoms with E-state index in [-0.39, 0.29) is 12.1 Å². The number of rotatable bonds is 3. The molecule has 1 fully saturated rings. The molecule has 5 nitrogen and oxygen atoms in total. The highest BCUT2D eigenvalue weighted by atomic mass is 16.5. The number of nitrogens with zero attached hydrogens (tertiary/aromatic N) is 2. The first-order valence-corrected chi connectivity index (χ1v) is 7.10. The zero-order chi connectivity index (χ0) is 14.1. The summed E-state index contributed by atoms with van der Waals surface area (Å²) in [4.78, 5) is 15.9. The Morgan fingerprint density at radius 2 is 2.25 bits per heavy atom. The van der Waals surface area contributed by atoms with Gasteiger partial charge in [0.25, 0.3) is 0 Å². The molecule has 0 saturated carbocycles. The highest BCUT2D eigenvalue weighted by Gasteiger charge is 2.32. The maximum atomic E-state index is 12.4. The Bertz CT molecular complexity index is 500. The summed E-state index contributed by atoms with van der Waals surface area (Å²) in [7, 11) is 1.83. The van der Waals surface area contributed by atoms with E-state index in [0.29, 0.717) is 25.6 Å². The summed E-state index contributed by atoms with van der Waals surface area (Å²) < 4.78 is 5.39. The SMILES string of the molecule is CN1Cc2ccccc2N(CC(N)C2CCOC2)C1=O. The minimum Gasteiger partial charge on any atom is -0.381 e. The van der Waals surface area contributed by atoms with Gasteiger partial charge in [-0.3, -0.25) is 4.90 Å². The van der Waals surface area contributed by atoms with Crippen molar-refractivity contribution in [2.75, 3.05) is 31.7 Å². The third kappa shape index (κ3) is 2.39. The number of amides is 2. The first-order valence-electron chi connectivity index (χ1n) is 7.10.